The molecule has 0 amide bonds. The Morgan fingerprint density at radius 1 is 0.792 bits per heavy atom. The van der Waals surface area contributed by atoms with Crippen molar-refractivity contribution in [2.24, 2.45) is 5.73 Å². The highest BCUT2D eigenvalue weighted by Crippen LogP contribution is 2.53. The van der Waals surface area contributed by atoms with Crippen LogP contribution in [0.2, 0.25) is 0 Å². The standard InChI is InChI=1S/C15H27NO6P2/c1-5-19-23(17,20-6-2)14-10-9-13(12-16)11-15(14)24(18,21-7-3)22-8-4/h9-11H,5-8,12,16H2,1-4H3. The molecule has 138 valence electrons. The SMILES string of the molecule is CCOP(=O)(OCC)c1ccc(CN)cc1P(=O)(OCC)OCC. The molecule has 0 saturated heterocycles. The van der Waals surface area contributed by atoms with Gasteiger partial charge in [0.25, 0.3) is 0 Å². The van der Waals surface area contributed by atoms with E-state index in [9.17, 15) is 9.13 Å². The predicted octanol–water partition coefficient (Wildman–Crippen LogP) is 2.93. The van der Waals surface area contributed by atoms with Gasteiger partial charge in [-0.05, 0) is 45.4 Å². The van der Waals surface area contributed by atoms with E-state index in [1.54, 1.807) is 45.9 Å². The molecular formula is C15H27NO6P2. The van der Waals surface area contributed by atoms with Crippen molar-refractivity contribution >= 4 is 25.8 Å². The van der Waals surface area contributed by atoms with Crippen molar-refractivity contribution in [1.29, 1.82) is 0 Å². The fraction of sp³-hybridized carbons (Fsp3) is 0.600. The van der Waals surface area contributed by atoms with Crippen LogP contribution in [0.5, 0.6) is 0 Å². The molecule has 9 heteroatoms. The molecule has 0 saturated carbocycles. The molecule has 0 aliphatic rings. The van der Waals surface area contributed by atoms with Crippen LogP contribution in [0.1, 0.15) is 33.3 Å². The Morgan fingerprint density at radius 3 is 1.58 bits per heavy atom. The third-order valence-corrected chi connectivity index (χ3v) is 7.57. The largest absolute Gasteiger partial charge is 0.362 e. The molecule has 1 aromatic rings. The predicted molar refractivity (Wildman–Crippen MR) is 95.3 cm³/mol. The summed E-state index contributed by atoms with van der Waals surface area (Å²) in [6.45, 7) is 7.80. The second-order valence-corrected chi connectivity index (χ2v) is 8.68. The molecule has 0 fully saturated rings. The summed E-state index contributed by atoms with van der Waals surface area (Å²) in [5.74, 6) is 0. The van der Waals surface area contributed by atoms with Gasteiger partial charge in [-0.15, -0.1) is 0 Å². The van der Waals surface area contributed by atoms with Crippen molar-refractivity contribution in [3.8, 4) is 0 Å². The van der Waals surface area contributed by atoms with E-state index in [4.69, 9.17) is 23.8 Å². The van der Waals surface area contributed by atoms with Crippen molar-refractivity contribution in [1.82, 2.24) is 0 Å². The minimum absolute atomic E-state index is 0.178. The van der Waals surface area contributed by atoms with Gasteiger partial charge in [0, 0.05) is 6.54 Å². The molecule has 24 heavy (non-hydrogen) atoms. The highest BCUT2D eigenvalue weighted by atomic mass is 31.2. The van der Waals surface area contributed by atoms with Crippen molar-refractivity contribution in [3.05, 3.63) is 23.8 Å². The second kappa shape index (κ2) is 9.83. The van der Waals surface area contributed by atoms with Gasteiger partial charge in [0.15, 0.2) is 0 Å². The van der Waals surface area contributed by atoms with E-state index < -0.39 is 15.2 Å². The van der Waals surface area contributed by atoms with Crippen LogP contribution < -0.4 is 16.3 Å². The zero-order valence-electron chi connectivity index (χ0n) is 14.7. The molecule has 0 unspecified atom stereocenters. The zero-order valence-corrected chi connectivity index (χ0v) is 16.5. The number of rotatable bonds is 11. The van der Waals surface area contributed by atoms with E-state index in [0.29, 0.717) is 5.56 Å². The Labute approximate surface area is 143 Å². The molecule has 0 radical (unpaired) electrons. The van der Waals surface area contributed by atoms with Crippen molar-refractivity contribution in [3.63, 3.8) is 0 Å². The van der Waals surface area contributed by atoms with Crippen molar-refractivity contribution in [2.75, 3.05) is 26.4 Å². The van der Waals surface area contributed by atoms with Crippen LogP contribution in [0, 0.1) is 0 Å². The molecule has 1 rings (SSSR count). The first-order chi connectivity index (χ1) is 11.4. The first-order valence-corrected chi connectivity index (χ1v) is 11.1. The lowest BCUT2D eigenvalue weighted by Crippen LogP contribution is -2.29. The lowest BCUT2D eigenvalue weighted by Gasteiger charge is -2.24. The summed E-state index contributed by atoms with van der Waals surface area (Å²) >= 11 is 0. The third kappa shape index (κ3) is 4.99. The fourth-order valence-electron chi connectivity index (χ4n) is 2.18. The number of benzene rings is 1. The Kier molecular flexibility index (Phi) is 8.82. The van der Waals surface area contributed by atoms with Gasteiger partial charge in [-0.1, -0.05) is 6.07 Å². The molecule has 0 bridgehead atoms. The Hall–Kier alpha value is -0.520. The molecule has 2 N–H and O–H groups in total. The highest BCUT2D eigenvalue weighted by Gasteiger charge is 2.38. The van der Waals surface area contributed by atoms with Gasteiger partial charge < -0.3 is 23.8 Å². The lowest BCUT2D eigenvalue weighted by molar-refractivity contribution is 0.226. The minimum Gasteiger partial charge on any atom is -0.326 e. The van der Waals surface area contributed by atoms with Gasteiger partial charge in [0.2, 0.25) is 0 Å². The smallest absolute Gasteiger partial charge is 0.326 e. The lowest BCUT2D eigenvalue weighted by atomic mass is 10.2. The normalized spacial score (nSPS) is 12.5. The quantitative estimate of drug-likeness (QED) is 0.591. The Bertz CT molecular complexity index is 602. The van der Waals surface area contributed by atoms with Gasteiger partial charge >= 0.3 is 15.2 Å². The summed E-state index contributed by atoms with van der Waals surface area (Å²) in [5, 5.41) is 0.369. The average molecular weight is 379 g/mol. The average Bonchev–Trinajstić information content (AvgIpc) is 2.55. The summed E-state index contributed by atoms with van der Waals surface area (Å²) in [7, 11) is -7.34. The molecular weight excluding hydrogens is 352 g/mol. The highest BCUT2D eigenvalue weighted by molar-refractivity contribution is 7.68. The van der Waals surface area contributed by atoms with Crippen LogP contribution in [0.3, 0.4) is 0 Å². The minimum atomic E-state index is -3.68. The topological polar surface area (TPSA) is 97.1 Å². The molecule has 0 atom stereocenters. The van der Waals surface area contributed by atoms with E-state index in [1.165, 1.54) is 0 Å². The van der Waals surface area contributed by atoms with Crippen LogP contribution in [-0.4, -0.2) is 26.4 Å². The summed E-state index contributed by atoms with van der Waals surface area (Å²) in [6.07, 6.45) is 0. The maximum Gasteiger partial charge on any atom is 0.362 e. The number of hydrogen-bond acceptors (Lipinski definition) is 7. The molecule has 7 nitrogen and oxygen atoms in total. The van der Waals surface area contributed by atoms with Crippen LogP contribution in [0.4, 0.5) is 0 Å². The molecule has 0 aliphatic carbocycles. The van der Waals surface area contributed by atoms with Crippen LogP contribution in [-0.2, 0) is 33.8 Å². The van der Waals surface area contributed by atoms with E-state index in [0.717, 1.165) is 0 Å². The molecule has 0 aromatic heterocycles. The second-order valence-electron chi connectivity index (χ2n) is 4.69. The van der Waals surface area contributed by atoms with E-state index >= 15 is 0 Å². The number of hydrogen-bond donors (Lipinski definition) is 1. The third-order valence-electron chi connectivity index (χ3n) is 3.06. The van der Waals surface area contributed by atoms with Crippen LogP contribution >= 0.6 is 15.2 Å². The van der Waals surface area contributed by atoms with Crippen LogP contribution in [0.15, 0.2) is 18.2 Å². The van der Waals surface area contributed by atoms with Gasteiger partial charge in [-0.25, -0.2) is 0 Å². The summed E-state index contributed by atoms with van der Waals surface area (Å²) in [5.41, 5.74) is 6.40. The maximum atomic E-state index is 13.2. The molecule has 1 aromatic carbocycles. The van der Waals surface area contributed by atoms with Crippen molar-refractivity contribution in [2.45, 2.75) is 34.2 Å². The number of nitrogens with two attached hydrogens (primary N) is 1. The Balaban J connectivity index is 3.61. The van der Waals surface area contributed by atoms with Crippen LogP contribution in [0.25, 0.3) is 0 Å². The summed E-state index contributed by atoms with van der Waals surface area (Å²) in [4.78, 5) is 0. The van der Waals surface area contributed by atoms with E-state index in [2.05, 4.69) is 0 Å². The fourth-order valence-corrected chi connectivity index (χ4v) is 6.26. The zero-order chi connectivity index (χ0) is 18.2. The van der Waals surface area contributed by atoms with Gasteiger partial charge in [0.05, 0.1) is 37.0 Å². The Morgan fingerprint density at radius 2 is 1.21 bits per heavy atom. The monoisotopic (exact) mass is 379 g/mol. The molecule has 0 aliphatic heterocycles. The first-order valence-electron chi connectivity index (χ1n) is 8.03. The van der Waals surface area contributed by atoms with E-state index in [1.807, 2.05) is 0 Å². The maximum absolute atomic E-state index is 13.2. The first kappa shape index (κ1) is 21.5. The summed E-state index contributed by atoms with van der Waals surface area (Å²) < 4.78 is 48.0. The van der Waals surface area contributed by atoms with Gasteiger partial charge in [-0.2, -0.15) is 0 Å². The van der Waals surface area contributed by atoms with Crippen molar-refractivity contribution < 1.29 is 27.2 Å². The van der Waals surface area contributed by atoms with E-state index in [-0.39, 0.29) is 43.6 Å². The van der Waals surface area contributed by atoms with Gasteiger partial charge in [0.1, 0.15) is 0 Å². The molecule has 0 spiro atoms. The molecule has 0 heterocycles. The van der Waals surface area contributed by atoms with Gasteiger partial charge in [-0.3, -0.25) is 9.13 Å². The summed E-state index contributed by atoms with van der Waals surface area (Å²) in [6, 6.07) is 4.85.